The summed E-state index contributed by atoms with van der Waals surface area (Å²) in [5.41, 5.74) is 8.79. The Morgan fingerprint density at radius 3 is 2.23 bits per heavy atom. The lowest BCUT2D eigenvalue weighted by Crippen LogP contribution is -2.02. The van der Waals surface area contributed by atoms with Crippen molar-refractivity contribution in [2.75, 3.05) is 18.9 Å². The van der Waals surface area contributed by atoms with E-state index in [2.05, 4.69) is 13.8 Å². The quantitative estimate of drug-likeness (QED) is 0.389. The number of carbonyl (C=O) groups is 1. The van der Waals surface area contributed by atoms with Crippen LogP contribution in [0.25, 0.3) is 6.08 Å². The van der Waals surface area contributed by atoms with Crippen LogP contribution in [-0.4, -0.2) is 19.0 Å². The van der Waals surface area contributed by atoms with E-state index in [1.807, 2.05) is 19.1 Å². The Morgan fingerprint density at radius 1 is 1.00 bits per heavy atom. The molecule has 0 spiro atoms. The molecule has 2 rings (SSSR count). The van der Waals surface area contributed by atoms with E-state index in [1.54, 1.807) is 36.4 Å². The Morgan fingerprint density at radius 2 is 1.62 bits per heavy atom. The number of ether oxygens (including phenoxy) is 2. The summed E-state index contributed by atoms with van der Waals surface area (Å²) >= 11 is 0. The first kappa shape index (κ1) is 19.6. The Bertz CT molecular complexity index is 764. The van der Waals surface area contributed by atoms with Crippen LogP contribution < -0.4 is 15.2 Å². The van der Waals surface area contributed by atoms with Crippen LogP contribution in [0.2, 0.25) is 0 Å². The molecule has 2 N–H and O–H groups in total. The number of nitrogens with two attached hydrogens (primary N) is 1. The van der Waals surface area contributed by atoms with Gasteiger partial charge in [-0.1, -0.05) is 13.8 Å². The summed E-state index contributed by atoms with van der Waals surface area (Å²) in [6, 6.07) is 10.8. The van der Waals surface area contributed by atoms with Crippen LogP contribution in [0.15, 0.2) is 42.5 Å². The molecule has 26 heavy (non-hydrogen) atoms. The molecule has 0 aliphatic heterocycles. The van der Waals surface area contributed by atoms with Crippen LogP contribution >= 0.6 is 0 Å². The highest BCUT2D eigenvalue weighted by Crippen LogP contribution is 2.30. The average molecular weight is 353 g/mol. The Hall–Kier alpha value is -2.75. The van der Waals surface area contributed by atoms with Gasteiger partial charge in [0, 0.05) is 22.9 Å². The Kier molecular flexibility index (Phi) is 7.27. The van der Waals surface area contributed by atoms with E-state index in [0.29, 0.717) is 24.5 Å². The van der Waals surface area contributed by atoms with Gasteiger partial charge in [0.25, 0.3) is 0 Å². The third kappa shape index (κ3) is 5.38. The van der Waals surface area contributed by atoms with E-state index in [4.69, 9.17) is 15.2 Å². The molecule has 2 aromatic carbocycles. The minimum atomic E-state index is -0.0737. The molecule has 0 aromatic heterocycles. The highest BCUT2D eigenvalue weighted by atomic mass is 16.5. The van der Waals surface area contributed by atoms with Crippen molar-refractivity contribution < 1.29 is 14.3 Å². The van der Waals surface area contributed by atoms with E-state index in [0.717, 1.165) is 35.5 Å². The van der Waals surface area contributed by atoms with Crippen molar-refractivity contribution in [3.8, 4) is 11.5 Å². The van der Waals surface area contributed by atoms with Crippen LogP contribution in [0.4, 0.5) is 5.69 Å². The van der Waals surface area contributed by atoms with Gasteiger partial charge in [0.2, 0.25) is 0 Å². The van der Waals surface area contributed by atoms with Gasteiger partial charge in [-0.2, -0.15) is 0 Å². The van der Waals surface area contributed by atoms with Crippen molar-refractivity contribution in [3.63, 3.8) is 0 Å². The van der Waals surface area contributed by atoms with Crippen molar-refractivity contribution in [3.05, 3.63) is 59.2 Å². The van der Waals surface area contributed by atoms with Crippen LogP contribution in [0.5, 0.6) is 11.5 Å². The summed E-state index contributed by atoms with van der Waals surface area (Å²) in [5.74, 6) is 1.47. The van der Waals surface area contributed by atoms with Gasteiger partial charge < -0.3 is 15.2 Å². The van der Waals surface area contributed by atoms with Gasteiger partial charge in [-0.05, 0) is 67.8 Å². The van der Waals surface area contributed by atoms with Crippen molar-refractivity contribution in [1.82, 2.24) is 0 Å². The third-order valence-electron chi connectivity index (χ3n) is 3.84. The van der Waals surface area contributed by atoms with Crippen LogP contribution in [-0.2, 0) is 0 Å². The fraction of sp³-hybridized carbons (Fsp3) is 0.318. The molecule has 0 saturated carbocycles. The number of hydrogen-bond donors (Lipinski definition) is 1. The maximum absolute atomic E-state index is 12.4. The molecule has 4 heteroatoms. The number of nitrogen functional groups attached to an aromatic ring is 1. The van der Waals surface area contributed by atoms with Crippen molar-refractivity contribution in [1.29, 1.82) is 0 Å². The predicted molar refractivity (Wildman–Crippen MR) is 107 cm³/mol. The summed E-state index contributed by atoms with van der Waals surface area (Å²) in [6.45, 7) is 7.40. The summed E-state index contributed by atoms with van der Waals surface area (Å²) < 4.78 is 11.6. The molecule has 0 aliphatic carbocycles. The fourth-order valence-corrected chi connectivity index (χ4v) is 2.44. The van der Waals surface area contributed by atoms with E-state index in [9.17, 15) is 4.79 Å². The van der Waals surface area contributed by atoms with Crippen LogP contribution in [0, 0.1) is 6.92 Å². The molecular weight excluding hydrogens is 326 g/mol. The molecule has 0 saturated heterocycles. The van der Waals surface area contributed by atoms with Gasteiger partial charge in [0.15, 0.2) is 5.78 Å². The molecule has 0 aliphatic rings. The largest absolute Gasteiger partial charge is 0.493 e. The number of carbonyl (C=O) groups excluding carboxylic acids is 1. The second kappa shape index (κ2) is 9.66. The average Bonchev–Trinajstić information content (AvgIpc) is 2.64. The second-order valence-corrected chi connectivity index (χ2v) is 6.17. The van der Waals surface area contributed by atoms with Crippen LogP contribution in [0.1, 0.15) is 48.2 Å². The lowest BCUT2D eigenvalue weighted by atomic mass is 10.1. The second-order valence-electron chi connectivity index (χ2n) is 6.17. The molecule has 0 fully saturated rings. The molecule has 0 amide bonds. The topological polar surface area (TPSA) is 61.5 Å². The number of anilines is 1. The van der Waals surface area contributed by atoms with E-state index >= 15 is 0 Å². The van der Waals surface area contributed by atoms with Crippen LogP contribution in [0.3, 0.4) is 0 Å². The molecule has 2 aromatic rings. The van der Waals surface area contributed by atoms with Gasteiger partial charge in [-0.25, -0.2) is 0 Å². The van der Waals surface area contributed by atoms with E-state index in [-0.39, 0.29) is 5.78 Å². The first-order chi connectivity index (χ1) is 12.5. The number of hydrogen-bond acceptors (Lipinski definition) is 4. The normalized spacial score (nSPS) is 10.9. The molecular formula is C22H27NO3. The van der Waals surface area contributed by atoms with E-state index in [1.165, 1.54) is 0 Å². The zero-order valence-corrected chi connectivity index (χ0v) is 15.7. The SMILES string of the molecule is CCCOc1cc(OCCC)c(C=CC(=O)c2ccc(N)cc2)cc1C. The van der Waals surface area contributed by atoms with Crippen molar-refractivity contribution >= 4 is 17.5 Å². The monoisotopic (exact) mass is 353 g/mol. The number of ketones is 1. The summed E-state index contributed by atoms with van der Waals surface area (Å²) in [5, 5.41) is 0. The molecule has 138 valence electrons. The minimum Gasteiger partial charge on any atom is -0.493 e. The molecule has 0 radical (unpaired) electrons. The van der Waals surface area contributed by atoms with E-state index < -0.39 is 0 Å². The number of rotatable bonds is 9. The third-order valence-corrected chi connectivity index (χ3v) is 3.84. The first-order valence-corrected chi connectivity index (χ1v) is 9.03. The molecule has 0 atom stereocenters. The maximum Gasteiger partial charge on any atom is 0.185 e. The van der Waals surface area contributed by atoms with Gasteiger partial charge in [0.05, 0.1) is 13.2 Å². The molecule has 0 heterocycles. The summed E-state index contributed by atoms with van der Waals surface area (Å²) in [7, 11) is 0. The standard InChI is InChI=1S/C22H27NO3/c1-4-12-25-21-15-22(26-13-5-2)18(14-16(21)3)8-11-20(24)17-6-9-19(23)10-7-17/h6-11,14-15H,4-5,12-13,23H2,1-3H3. The van der Waals surface area contributed by atoms with Crippen molar-refractivity contribution in [2.45, 2.75) is 33.6 Å². The molecule has 4 nitrogen and oxygen atoms in total. The van der Waals surface area contributed by atoms with Gasteiger partial charge in [-0.15, -0.1) is 0 Å². The number of benzene rings is 2. The first-order valence-electron chi connectivity index (χ1n) is 9.03. The van der Waals surface area contributed by atoms with Gasteiger partial charge in [0.1, 0.15) is 11.5 Å². The Balaban J connectivity index is 2.26. The van der Waals surface area contributed by atoms with Crippen molar-refractivity contribution in [2.24, 2.45) is 0 Å². The fourth-order valence-electron chi connectivity index (χ4n) is 2.44. The molecule has 0 unspecified atom stereocenters. The maximum atomic E-state index is 12.4. The summed E-state index contributed by atoms with van der Waals surface area (Å²) in [4.78, 5) is 12.4. The number of aryl methyl sites for hydroxylation is 1. The zero-order valence-electron chi connectivity index (χ0n) is 15.7. The highest BCUT2D eigenvalue weighted by Gasteiger charge is 2.09. The smallest absolute Gasteiger partial charge is 0.185 e. The Labute approximate surface area is 155 Å². The minimum absolute atomic E-state index is 0.0737. The van der Waals surface area contributed by atoms with Gasteiger partial charge >= 0.3 is 0 Å². The molecule has 0 bridgehead atoms. The highest BCUT2D eigenvalue weighted by molar-refractivity contribution is 6.07. The summed E-state index contributed by atoms with van der Waals surface area (Å²) in [6.07, 6.45) is 5.21. The lowest BCUT2D eigenvalue weighted by Gasteiger charge is -2.14. The number of allylic oxidation sites excluding steroid dienone is 1. The lowest BCUT2D eigenvalue weighted by molar-refractivity contribution is 0.104. The van der Waals surface area contributed by atoms with Gasteiger partial charge in [-0.3, -0.25) is 4.79 Å². The predicted octanol–water partition coefficient (Wildman–Crippen LogP) is 5.05. The zero-order chi connectivity index (χ0) is 18.9.